The maximum atomic E-state index is 12.9. The van der Waals surface area contributed by atoms with Crippen LogP contribution in [0, 0.1) is 29.6 Å². The number of nitrogens with one attached hydrogen (secondary N) is 2. The van der Waals surface area contributed by atoms with Crippen molar-refractivity contribution in [3.05, 3.63) is 24.3 Å². The first kappa shape index (κ1) is 18.0. The van der Waals surface area contributed by atoms with Crippen LogP contribution in [0.1, 0.15) is 45.4 Å². The smallest absolute Gasteiger partial charge is 0.240 e. The summed E-state index contributed by atoms with van der Waals surface area (Å²) in [4.78, 5) is 13.1. The van der Waals surface area contributed by atoms with Crippen LogP contribution in [0.2, 0.25) is 0 Å². The third kappa shape index (κ3) is 3.41. The van der Waals surface area contributed by atoms with Crippen molar-refractivity contribution < 1.29 is 13.2 Å². The van der Waals surface area contributed by atoms with Crippen LogP contribution in [0.5, 0.6) is 0 Å². The normalized spacial score (nSPS) is 32.6. The lowest BCUT2D eigenvalue weighted by atomic mass is 9.51. The molecule has 4 aliphatic carbocycles. The summed E-state index contributed by atoms with van der Waals surface area (Å²) < 4.78 is 26.8. The predicted molar refractivity (Wildman–Crippen MR) is 101 cm³/mol. The van der Waals surface area contributed by atoms with Gasteiger partial charge in [-0.1, -0.05) is 6.92 Å². The number of rotatable bonds is 6. The fourth-order valence-corrected chi connectivity index (χ4v) is 6.75. The van der Waals surface area contributed by atoms with Crippen LogP contribution in [0.15, 0.2) is 29.2 Å². The van der Waals surface area contributed by atoms with Gasteiger partial charge in [0, 0.05) is 18.2 Å². The summed E-state index contributed by atoms with van der Waals surface area (Å²) in [5.41, 5.74) is 0.679. The van der Waals surface area contributed by atoms with E-state index in [-0.39, 0.29) is 16.7 Å². The quantitative estimate of drug-likeness (QED) is 0.799. The summed E-state index contributed by atoms with van der Waals surface area (Å²) in [5, 5.41) is 3.04. The molecule has 4 bridgehead atoms. The minimum absolute atomic E-state index is 0.124. The second-order valence-electron chi connectivity index (χ2n) is 8.37. The van der Waals surface area contributed by atoms with E-state index in [2.05, 4.69) is 10.0 Å². The number of hydrogen-bond acceptors (Lipinski definition) is 3. The van der Waals surface area contributed by atoms with Gasteiger partial charge in [-0.2, -0.15) is 0 Å². The highest BCUT2D eigenvalue weighted by Crippen LogP contribution is 2.56. The van der Waals surface area contributed by atoms with Gasteiger partial charge in [0.05, 0.1) is 4.90 Å². The van der Waals surface area contributed by atoms with Crippen molar-refractivity contribution >= 4 is 21.6 Å². The molecule has 0 aliphatic heterocycles. The van der Waals surface area contributed by atoms with E-state index in [1.807, 2.05) is 6.92 Å². The zero-order valence-corrected chi connectivity index (χ0v) is 16.1. The Morgan fingerprint density at radius 2 is 1.58 bits per heavy atom. The minimum atomic E-state index is -3.46. The second-order valence-corrected chi connectivity index (χ2v) is 10.1. The average molecular weight is 377 g/mol. The minimum Gasteiger partial charge on any atom is -0.326 e. The van der Waals surface area contributed by atoms with Crippen LogP contribution >= 0.6 is 0 Å². The van der Waals surface area contributed by atoms with Crippen LogP contribution in [-0.2, 0) is 14.8 Å². The molecule has 1 amide bonds. The molecule has 6 heteroatoms. The van der Waals surface area contributed by atoms with E-state index >= 15 is 0 Å². The topological polar surface area (TPSA) is 75.3 Å². The number of amides is 1. The molecule has 1 aromatic carbocycles. The molecule has 5 nitrogen and oxygen atoms in total. The molecular formula is C20H28N2O3S. The number of hydrogen-bond donors (Lipinski definition) is 2. The van der Waals surface area contributed by atoms with Crippen molar-refractivity contribution in [3.63, 3.8) is 0 Å². The third-order valence-corrected chi connectivity index (χ3v) is 7.98. The first-order chi connectivity index (χ1) is 12.5. The second kappa shape index (κ2) is 6.97. The highest BCUT2D eigenvalue weighted by atomic mass is 32.2. The van der Waals surface area contributed by atoms with E-state index in [0.717, 1.165) is 18.3 Å². The van der Waals surface area contributed by atoms with Crippen LogP contribution in [0.25, 0.3) is 0 Å². The molecule has 4 fully saturated rings. The molecule has 4 saturated carbocycles. The highest BCUT2D eigenvalue weighted by molar-refractivity contribution is 7.89. The van der Waals surface area contributed by atoms with E-state index in [9.17, 15) is 13.2 Å². The van der Waals surface area contributed by atoms with Crippen molar-refractivity contribution in [2.24, 2.45) is 29.6 Å². The molecule has 4 aliphatic rings. The van der Waals surface area contributed by atoms with E-state index < -0.39 is 10.0 Å². The van der Waals surface area contributed by atoms with Gasteiger partial charge >= 0.3 is 0 Å². The summed E-state index contributed by atoms with van der Waals surface area (Å²) >= 11 is 0. The number of sulfonamides is 1. The van der Waals surface area contributed by atoms with Crippen LogP contribution in [-0.4, -0.2) is 20.9 Å². The van der Waals surface area contributed by atoms with Gasteiger partial charge in [-0.25, -0.2) is 13.1 Å². The Morgan fingerprint density at radius 1 is 1.00 bits per heavy atom. The summed E-state index contributed by atoms with van der Waals surface area (Å²) in [6.45, 7) is 2.35. The Bertz CT molecular complexity index is 745. The molecule has 5 rings (SSSR count). The van der Waals surface area contributed by atoms with E-state index in [0.29, 0.717) is 24.1 Å². The Kier molecular flexibility index (Phi) is 4.82. The lowest BCUT2D eigenvalue weighted by Crippen LogP contribution is -2.49. The Balaban J connectivity index is 1.42. The number of benzene rings is 1. The zero-order valence-electron chi connectivity index (χ0n) is 15.3. The maximum Gasteiger partial charge on any atom is 0.240 e. The van der Waals surface area contributed by atoms with Crippen molar-refractivity contribution in [3.8, 4) is 0 Å². The Morgan fingerprint density at radius 3 is 2.12 bits per heavy atom. The van der Waals surface area contributed by atoms with Crippen LogP contribution in [0.3, 0.4) is 0 Å². The number of carbonyl (C=O) groups excluding carboxylic acids is 1. The lowest BCUT2D eigenvalue weighted by molar-refractivity contribution is -0.132. The van der Waals surface area contributed by atoms with Gasteiger partial charge in [0.1, 0.15) is 0 Å². The van der Waals surface area contributed by atoms with E-state index in [1.54, 1.807) is 24.3 Å². The summed E-state index contributed by atoms with van der Waals surface area (Å²) in [5.74, 6) is 3.05. The molecular weight excluding hydrogens is 348 g/mol. The molecule has 0 atom stereocenters. The molecule has 0 spiro atoms. The monoisotopic (exact) mass is 376 g/mol. The third-order valence-electron chi connectivity index (χ3n) is 6.50. The molecule has 0 saturated heterocycles. The standard InChI is InChI=1S/C20H28N2O3S/c1-2-7-21-26(24,25)18-5-3-17(4-6-18)22-20(23)19-15-9-13-8-14(11-15)12-16(19)10-13/h3-6,13-16,19,21H,2,7-12H2,1H3,(H,22,23). The molecule has 0 heterocycles. The van der Waals surface area contributed by atoms with Gasteiger partial charge < -0.3 is 5.32 Å². The lowest BCUT2D eigenvalue weighted by Gasteiger charge is -2.53. The Labute approximate surface area is 156 Å². The fraction of sp³-hybridized carbons (Fsp3) is 0.650. The van der Waals surface area contributed by atoms with Crippen molar-refractivity contribution in [2.75, 3.05) is 11.9 Å². The van der Waals surface area contributed by atoms with Crippen molar-refractivity contribution in [1.29, 1.82) is 0 Å². The van der Waals surface area contributed by atoms with Crippen LogP contribution in [0.4, 0.5) is 5.69 Å². The van der Waals surface area contributed by atoms with Gasteiger partial charge in [-0.15, -0.1) is 0 Å². The summed E-state index contributed by atoms with van der Waals surface area (Å²) in [6, 6.07) is 6.50. The van der Waals surface area contributed by atoms with Gasteiger partial charge in [0.25, 0.3) is 0 Å². The molecule has 0 aromatic heterocycles. The van der Waals surface area contributed by atoms with Crippen molar-refractivity contribution in [2.45, 2.75) is 50.3 Å². The first-order valence-corrected chi connectivity index (χ1v) is 11.3. The molecule has 142 valence electrons. The molecule has 26 heavy (non-hydrogen) atoms. The summed E-state index contributed by atoms with van der Waals surface area (Å²) in [6.07, 6.45) is 6.98. The van der Waals surface area contributed by atoms with E-state index in [1.165, 1.54) is 32.1 Å². The molecule has 2 N–H and O–H groups in total. The predicted octanol–water partition coefficient (Wildman–Crippen LogP) is 3.39. The van der Waals surface area contributed by atoms with Gasteiger partial charge in [-0.05, 0) is 86.5 Å². The number of carbonyl (C=O) groups is 1. The number of anilines is 1. The highest BCUT2D eigenvalue weighted by Gasteiger charge is 2.50. The van der Waals surface area contributed by atoms with Gasteiger partial charge in [-0.3, -0.25) is 4.79 Å². The average Bonchev–Trinajstić information content (AvgIpc) is 2.59. The molecule has 0 unspecified atom stereocenters. The Hall–Kier alpha value is -1.40. The van der Waals surface area contributed by atoms with Crippen molar-refractivity contribution in [1.82, 2.24) is 4.72 Å². The van der Waals surface area contributed by atoms with Crippen LogP contribution < -0.4 is 10.0 Å². The van der Waals surface area contributed by atoms with E-state index in [4.69, 9.17) is 0 Å². The fourth-order valence-electron chi connectivity index (χ4n) is 5.62. The summed E-state index contributed by atoms with van der Waals surface area (Å²) in [7, 11) is -3.46. The van der Waals surface area contributed by atoms with Gasteiger partial charge in [0.2, 0.25) is 15.9 Å². The zero-order chi connectivity index (χ0) is 18.3. The maximum absolute atomic E-state index is 12.9. The molecule has 1 aromatic rings. The SMILES string of the molecule is CCCNS(=O)(=O)c1ccc(NC(=O)C2C3CC4CC(C3)CC2C4)cc1. The van der Waals surface area contributed by atoms with Gasteiger partial charge in [0.15, 0.2) is 0 Å². The largest absolute Gasteiger partial charge is 0.326 e. The first-order valence-electron chi connectivity index (χ1n) is 9.87. The molecule has 0 radical (unpaired) electrons.